The summed E-state index contributed by atoms with van der Waals surface area (Å²) in [6.45, 7) is 11.9. The van der Waals surface area contributed by atoms with Gasteiger partial charge in [0.05, 0.1) is 12.2 Å². The Labute approximate surface area is 165 Å². The molecule has 1 saturated heterocycles. The van der Waals surface area contributed by atoms with E-state index < -0.39 is 0 Å². The van der Waals surface area contributed by atoms with E-state index in [2.05, 4.69) is 41.3 Å². The summed E-state index contributed by atoms with van der Waals surface area (Å²) in [6, 6.07) is 0. The number of morpholine rings is 1. The van der Waals surface area contributed by atoms with Crippen LogP contribution in [0.15, 0.2) is 4.99 Å². The fourth-order valence-electron chi connectivity index (χ4n) is 3.80. The van der Waals surface area contributed by atoms with Crippen LogP contribution in [0.5, 0.6) is 0 Å². The minimum Gasteiger partial charge on any atom is -0.373 e. The molecule has 2 rings (SSSR count). The van der Waals surface area contributed by atoms with Gasteiger partial charge in [-0.25, -0.2) is 0 Å². The summed E-state index contributed by atoms with van der Waals surface area (Å²) >= 11 is 0. The van der Waals surface area contributed by atoms with E-state index in [4.69, 9.17) is 4.74 Å². The summed E-state index contributed by atoms with van der Waals surface area (Å²) in [5.41, 5.74) is 0.525. The number of guanidine groups is 1. The van der Waals surface area contributed by atoms with Crippen LogP contribution in [0.3, 0.4) is 0 Å². The van der Waals surface area contributed by atoms with Gasteiger partial charge in [-0.15, -0.1) is 24.0 Å². The van der Waals surface area contributed by atoms with Gasteiger partial charge in [-0.1, -0.05) is 13.3 Å². The Bertz CT molecular complexity index is 372. The molecule has 2 fully saturated rings. The van der Waals surface area contributed by atoms with E-state index in [1.165, 1.54) is 25.7 Å². The van der Waals surface area contributed by atoms with E-state index in [0.717, 1.165) is 45.1 Å². The van der Waals surface area contributed by atoms with E-state index in [-0.39, 0.29) is 24.0 Å². The summed E-state index contributed by atoms with van der Waals surface area (Å²) < 4.78 is 5.78. The second-order valence-electron chi connectivity index (χ2n) is 7.43. The number of aliphatic imine (C=N–C) groups is 1. The maximum atomic E-state index is 5.78. The number of hydrogen-bond donors (Lipinski definition) is 2. The quantitative estimate of drug-likeness (QED) is 0.270. The highest BCUT2D eigenvalue weighted by Gasteiger charge is 2.34. The highest BCUT2D eigenvalue weighted by Crippen LogP contribution is 2.42. The molecule has 1 aliphatic carbocycles. The molecule has 1 heterocycles. The largest absolute Gasteiger partial charge is 0.373 e. The molecule has 1 aliphatic heterocycles. The minimum absolute atomic E-state index is 0. The SMILES string of the molecule is CCC1(CNC(=NC)NCCCN2CC(C)OC(C)C2)CCC1.I. The zero-order valence-electron chi connectivity index (χ0n) is 15.9. The first-order valence-corrected chi connectivity index (χ1v) is 9.39. The average Bonchev–Trinajstić information content (AvgIpc) is 2.47. The van der Waals surface area contributed by atoms with Gasteiger partial charge in [-0.05, 0) is 44.9 Å². The fraction of sp³-hybridized carbons (Fsp3) is 0.944. The van der Waals surface area contributed by atoms with Gasteiger partial charge in [0.25, 0.3) is 0 Å². The predicted molar refractivity (Wildman–Crippen MR) is 112 cm³/mol. The molecule has 6 heteroatoms. The molecule has 0 spiro atoms. The smallest absolute Gasteiger partial charge is 0.190 e. The van der Waals surface area contributed by atoms with Crippen LogP contribution < -0.4 is 10.6 Å². The molecule has 142 valence electrons. The van der Waals surface area contributed by atoms with Crippen LogP contribution in [0.2, 0.25) is 0 Å². The molecule has 0 aromatic heterocycles. The van der Waals surface area contributed by atoms with Crippen molar-refractivity contribution in [2.75, 3.05) is 39.8 Å². The maximum absolute atomic E-state index is 5.78. The highest BCUT2D eigenvalue weighted by molar-refractivity contribution is 14.0. The van der Waals surface area contributed by atoms with Gasteiger partial charge in [0, 0.05) is 39.8 Å². The molecule has 2 atom stereocenters. The van der Waals surface area contributed by atoms with E-state index in [1.54, 1.807) is 0 Å². The standard InChI is InChI=1S/C18H36N4O.HI/c1-5-18(8-6-9-18)14-21-17(19-4)20-10-7-11-22-12-15(2)23-16(3)13-22;/h15-16H,5-14H2,1-4H3,(H2,19,20,21);1H. The lowest BCUT2D eigenvalue weighted by molar-refractivity contribution is -0.0679. The van der Waals surface area contributed by atoms with Gasteiger partial charge in [0.15, 0.2) is 5.96 Å². The van der Waals surface area contributed by atoms with Crippen LogP contribution in [0.4, 0.5) is 0 Å². The molecule has 2 unspecified atom stereocenters. The summed E-state index contributed by atoms with van der Waals surface area (Å²) in [5, 5.41) is 6.98. The minimum atomic E-state index is 0. The van der Waals surface area contributed by atoms with Gasteiger partial charge >= 0.3 is 0 Å². The lowest BCUT2D eigenvalue weighted by Crippen LogP contribution is -2.47. The van der Waals surface area contributed by atoms with Crippen molar-refractivity contribution >= 4 is 29.9 Å². The van der Waals surface area contributed by atoms with Crippen molar-refractivity contribution in [2.45, 2.75) is 65.1 Å². The zero-order chi connectivity index (χ0) is 16.7. The van der Waals surface area contributed by atoms with Gasteiger partial charge in [-0.2, -0.15) is 0 Å². The van der Waals surface area contributed by atoms with Crippen molar-refractivity contribution in [1.29, 1.82) is 0 Å². The molecule has 2 aliphatic rings. The van der Waals surface area contributed by atoms with Crippen LogP contribution in [0.25, 0.3) is 0 Å². The van der Waals surface area contributed by atoms with Gasteiger partial charge in [0.1, 0.15) is 0 Å². The van der Waals surface area contributed by atoms with E-state index in [9.17, 15) is 0 Å². The van der Waals surface area contributed by atoms with Gasteiger partial charge in [0.2, 0.25) is 0 Å². The normalized spacial score (nSPS) is 27.1. The molecule has 24 heavy (non-hydrogen) atoms. The lowest BCUT2D eigenvalue weighted by Gasteiger charge is -2.41. The Morgan fingerprint density at radius 3 is 2.38 bits per heavy atom. The molecule has 0 amide bonds. The molecule has 0 aromatic rings. The van der Waals surface area contributed by atoms with Crippen LogP contribution in [-0.2, 0) is 4.74 Å². The monoisotopic (exact) mass is 452 g/mol. The second kappa shape index (κ2) is 10.8. The van der Waals surface area contributed by atoms with Crippen LogP contribution in [0, 0.1) is 5.41 Å². The number of nitrogens with zero attached hydrogens (tertiary/aromatic N) is 2. The first-order valence-electron chi connectivity index (χ1n) is 9.39. The van der Waals surface area contributed by atoms with Gasteiger partial charge < -0.3 is 15.4 Å². The van der Waals surface area contributed by atoms with E-state index >= 15 is 0 Å². The van der Waals surface area contributed by atoms with Crippen molar-refractivity contribution in [3.05, 3.63) is 0 Å². The third-order valence-corrected chi connectivity index (χ3v) is 5.46. The molecular formula is C18H37IN4O. The number of halogens is 1. The second-order valence-corrected chi connectivity index (χ2v) is 7.43. The third kappa shape index (κ3) is 6.67. The third-order valence-electron chi connectivity index (χ3n) is 5.46. The molecule has 1 saturated carbocycles. The number of hydrogen-bond acceptors (Lipinski definition) is 3. The van der Waals surface area contributed by atoms with E-state index in [0.29, 0.717) is 17.6 Å². The maximum Gasteiger partial charge on any atom is 0.190 e. The van der Waals surface area contributed by atoms with Crippen LogP contribution >= 0.6 is 24.0 Å². The van der Waals surface area contributed by atoms with Crippen LogP contribution in [0.1, 0.15) is 52.9 Å². The molecule has 2 N–H and O–H groups in total. The van der Waals surface area contributed by atoms with Crippen molar-refractivity contribution in [2.24, 2.45) is 10.4 Å². The Morgan fingerprint density at radius 2 is 1.88 bits per heavy atom. The summed E-state index contributed by atoms with van der Waals surface area (Å²) in [6.07, 6.45) is 7.23. The van der Waals surface area contributed by atoms with E-state index in [1.807, 2.05) is 7.05 Å². The fourth-order valence-corrected chi connectivity index (χ4v) is 3.80. The summed E-state index contributed by atoms with van der Waals surface area (Å²) in [4.78, 5) is 6.86. The average molecular weight is 452 g/mol. The number of nitrogens with one attached hydrogen (secondary N) is 2. The first-order chi connectivity index (χ1) is 11.1. The van der Waals surface area contributed by atoms with Crippen molar-refractivity contribution in [1.82, 2.24) is 15.5 Å². The Morgan fingerprint density at radius 1 is 1.21 bits per heavy atom. The summed E-state index contributed by atoms with van der Waals surface area (Å²) in [5.74, 6) is 0.952. The van der Waals surface area contributed by atoms with Crippen molar-refractivity contribution in [3.63, 3.8) is 0 Å². The molecule has 0 aromatic carbocycles. The van der Waals surface area contributed by atoms with Crippen molar-refractivity contribution in [3.8, 4) is 0 Å². The summed E-state index contributed by atoms with van der Waals surface area (Å²) in [7, 11) is 1.86. The highest BCUT2D eigenvalue weighted by atomic mass is 127. The molecule has 0 bridgehead atoms. The van der Waals surface area contributed by atoms with Gasteiger partial charge in [-0.3, -0.25) is 9.89 Å². The molecule has 5 nitrogen and oxygen atoms in total. The topological polar surface area (TPSA) is 48.9 Å². The molecule has 0 radical (unpaired) electrons. The Balaban J connectivity index is 0.00000288. The predicted octanol–water partition coefficient (Wildman–Crippen LogP) is 2.85. The first kappa shape index (κ1) is 22.0. The zero-order valence-corrected chi connectivity index (χ0v) is 18.3. The number of rotatable bonds is 7. The number of ether oxygens (including phenoxy) is 1. The lowest BCUT2D eigenvalue weighted by atomic mass is 9.67. The Hall–Kier alpha value is -0.0800. The van der Waals surface area contributed by atoms with Crippen molar-refractivity contribution < 1.29 is 4.74 Å². The Kier molecular flexibility index (Phi) is 9.89. The molecular weight excluding hydrogens is 415 g/mol. The van der Waals surface area contributed by atoms with Crippen LogP contribution in [-0.4, -0.2) is 62.8 Å².